The summed E-state index contributed by atoms with van der Waals surface area (Å²) in [5.41, 5.74) is 6.21. The largest absolute Gasteiger partial charge is 0.396 e. The molecule has 1 saturated heterocycles. The molecule has 1 aromatic rings. The molecule has 6 heteroatoms. The van der Waals surface area contributed by atoms with Crippen LogP contribution in [0.5, 0.6) is 0 Å². The molecule has 1 aliphatic heterocycles. The molecule has 102 valence electrons. The molecule has 3 N–H and O–H groups in total. The number of methoxy groups -OCH3 is 1. The van der Waals surface area contributed by atoms with E-state index < -0.39 is 6.10 Å². The standard InChI is InChI=1S/C12H22N4O2/c1-18-9-10-2-3-15(5-10)7-12(17)8-16-6-11(13)4-14-16/h4,6,10,12,17H,2-3,5,7-9,13H2,1H3. The number of aromatic nitrogens is 2. The maximum Gasteiger partial charge on any atom is 0.0862 e. The predicted molar refractivity (Wildman–Crippen MR) is 69.1 cm³/mol. The number of hydrogen-bond donors (Lipinski definition) is 2. The number of rotatable bonds is 6. The van der Waals surface area contributed by atoms with Crippen molar-refractivity contribution in [3.05, 3.63) is 12.4 Å². The van der Waals surface area contributed by atoms with E-state index in [1.165, 1.54) is 0 Å². The third-order valence-electron chi connectivity index (χ3n) is 3.29. The van der Waals surface area contributed by atoms with Crippen molar-refractivity contribution in [1.82, 2.24) is 14.7 Å². The highest BCUT2D eigenvalue weighted by atomic mass is 16.5. The number of hydrogen-bond acceptors (Lipinski definition) is 5. The monoisotopic (exact) mass is 254 g/mol. The van der Waals surface area contributed by atoms with E-state index in [0.717, 1.165) is 26.1 Å². The van der Waals surface area contributed by atoms with Crippen molar-refractivity contribution in [1.29, 1.82) is 0 Å². The number of likely N-dealkylation sites (tertiary alicyclic amines) is 1. The fourth-order valence-corrected chi connectivity index (χ4v) is 2.50. The smallest absolute Gasteiger partial charge is 0.0862 e. The van der Waals surface area contributed by atoms with E-state index in [1.807, 2.05) is 0 Å². The van der Waals surface area contributed by atoms with E-state index in [2.05, 4.69) is 10.00 Å². The molecule has 2 unspecified atom stereocenters. The van der Waals surface area contributed by atoms with E-state index in [1.54, 1.807) is 24.2 Å². The molecule has 6 nitrogen and oxygen atoms in total. The predicted octanol–water partition coefficient (Wildman–Crippen LogP) is -0.205. The van der Waals surface area contributed by atoms with Crippen LogP contribution in [-0.4, -0.2) is 59.2 Å². The minimum Gasteiger partial charge on any atom is -0.396 e. The van der Waals surface area contributed by atoms with Gasteiger partial charge in [0.25, 0.3) is 0 Å². The number of β-amino-alcohol motifs (C(OH)–C–C–N with tert-alkyl or cyclic N) is 1. The molecular formula is C12H22N4O2. The second-order valence-corrected chi connectivity index (χ2v) is 5.02. The Kier molecular flexibility index (Phi) is 4.57. The van der Waals surface area contributed by atoms with Crippen molar-refractivity contribution in [2.45, 2.75) is 19.1 Å². The zero-order chi connectivity index (χ0) is 13.0. The van der Waals surface area contributed by atoms with Crippen LogP contribution in [0.25, 0.3) is 0 Å². The van der Waals surface area contributed by atoms with Gasteiger partial charge in [0.15, 0.2) is 0 Å². The number of nitrogens with two attached hydrogens (primary N) is 1. The first kappa shape index (κ1) is 13.3. The maximum atomic E-state index is 10.0. The summed E-state index contributed by atoms with van der Waals surface area (Å²) in [5, 5.41) is 14.1. The zero-order valence-electron chi connectivity index (χ0n) is 10.8. The Hall–Kier alpha value is -1.11. The van der Waals surface area contributed by atoms with Crippen molar-refractivity contribution < 1.29 is 9.84 Å². The fourth-order valence-electron chi connectivity index (χ4n) is 2.50. The van der Waals surface area contributed by atoms with Gasteiger partial charge in [0.1, 0.15) is 0 Å². The molecule has 1 aromatic heterocycles. The number of aliphatic hydroxyl groups excluding tert-OH is 1. The summed E-state index contributed by atoms with van der Waals surface area (Å²) in [7, 11) is 1.74. The Morgan fingerprint density at radius 3 is 3.11 bits per heavy atom. The Morgan fingerprint density at radius 1 is 1.61 bits per heavy atom. The number of nitrogens with zero attached hydrogens (tertiary/aromatic N) is 3. The summed E-state index contributed by atoms with van der Waals surface area (Å²) in [6.45, 7) is 4.02. The molecule has 0 aliphatic carbocycles. The van der Waals surface area contributed by atoms with Crippen LogP contribution in [0.1, 0.15) is 6.42 Å². The van der Waals surface area contributed by atoms with Crippen LogP contribution in [0.2, 0.25) is 0 Å². The van der Waals surface area contributed by atoms with Gasteiger partial charge in [-0.25, -0.2) is 0 Å². The van der Waals surface area contributed by atoms with Crippen LogP contribution >= 0.6 is 0 Å². The Labute approximate surface area is 107 Å². The highest BCUT2D eigenvalue weighted by Gasteiger charge is 2.24. The molecule has 0 saturated carbocycles. The van der Waals surface area contributed by atoms with Gasteiger partial charge in [0.05, 0.1) is 31.1 Å². The Morgan fingerprint density at radius 2 is 2.44 bits per heavy atom. The molecule has 0 aromatic carbocycles. The zero-order valence-corrected chi connectivity index (χ0v) is 10.8. The minimum atomic E-state index is -0.411. The van der Waals surface area contributed by atoms with Crippen LogP contribution in [0.4, 0.5) is 5.69 Å². The SMILES string of the molecule is COCC1CCN(CC(O)Cn2cc(N)cn2)C1. The first-order valence-corrected chi connectivity index (χ1v) is 6.34. The summed E-state index contributed by atoms with van der Waals surface area (Å²) >= 11 is 0. The van der Waals surface area contributed by atoms with Gasteiger partial charge in [0, 0.05) is 26.4 Å². The van der Waals surface area contributed by atoms with Crippen LogP contribution in [0.15, 0.2) is 12.4 Å². The third-order valence-corrected chi connectivity index (χ3v) is 3.29. The number of nitrogen functional groups attached to an aromatic ring is 1. The molecule has 0 spiro atoms. The van der Waals surface area contributed by atoms with Crippen LogP contribution in [0, 0.1) is 5.92 Å². The average Bonchev–Trinajstić information content (AvgIpc) is 2.89. The molecule has 18 heavy (non-hydrogen) atoms. The molecule has 0 radical (unpaired) electrons. The molecule has 2 atom stereocenters. The first-order valence-electron chi connectivity index (χ1n) is 6.34. The second-order valence-electron chi connectivity index (χ2n) is 5.02. The minimum absolute atomic E-state index is 0.411. The van der Waals surface area contributed by atoms with Gasteiger partial charge < -0.3 is 20.5 Å². The lowest BCUT2D eigenvalue weighted by Crippen LogP contribution is -2.33. The molecular weight excluding hydrogens is 232 g/mol. The lowest BCUT2D eigenvalue weighted by molar-refractivity contribution is 0.0989. The summed E-state index contributed by atoms with van der Waals surface area (Å²) in [6.07, 6.45) is 4.07. The van der Waals surface area contributed by atoms with E-state index in [9.17, 15) is 5.11 Å². The highest BCUT2D eigenvalue weighted by molar-refractivity contribution is 5.30. The topological polar surface area (TPSA) is 76.5 Å². The molecule has 0 amide bonds. The van der Waals surface area contributed by atoms with Gasteiger partial charge in [0.2, 0.25) is 0 Å². The van der Waals surface area contributed by atoms with Crippen LogP contribution < -0.4 is 5.73 Å². The molecule has 1 aliphatic rings. The van der Waals surface area contributed by atoms with Gasteiger partial charge in [-0.15, -0.1) is 0 Å². The van der Waals surface area contributed by atoms with Gasteiger partial charge in [-0.3, -0.25) is 4.68 Å². The van der Waals surface area contributed by atoms with Crippen molar-refractivity contribution >= 4 is 5.69 Å². The normalized spacial score (nSPS) is 22.4. The van der Waals surface area contributed by atoms with Crippen LogP contribution in [0.3, 0.4) is 0 Å². The van der Waals surface area contributed by atoms with Crippen molar-refractivity contribution in [2.75, 3.05) is 39.1 Å². The van der Waals surface area contributed by atoms with Crippen LogP contribution in [-0.2, 0) is 11.3 Å². The Balaban J connectivity index is 1.73. The lowest BCUT2D eigenvalue weighted by atomic mass is 10.1. The van der Waals surface area contributed by atoms with Gasteiger partial charge in [-0.2, -0.15) is 5.10 Å². The molecule has 0 bridgehead atoms. The van der Waals surface area contributed by atoms with Gasteiger partial charge >= 0.3 is 0 Å². The third kappa shape index (κ3) is 3.69. The molecule has 2 rings (SSSR count). The van der Waals surface area contributed by atoms with E-state index in [4.69, 9.17) is 10.5 Å². The number of anilines is 1. The second kappa shape index (κ2) is 6.17. The molecule has 1 fully saturated rings. The summed E-state index contributed by atoms with van der Waals surface area (Å²) < 4.78 is 6.84. The maximum absolute atomic E-state index is 10.0. The summed E-state index contributed by atoms with van der Waals surface area (Å²) in [4.78, 5) is 2.28. The van der Waals surface area contributed by atoms with E-state index in [0.29, 0.717) is 24.7 Å². The quantitative estimate of drug-likeness (QED) is 0.735. The van der Waals surface area contributed by atoms with E-state index in [-0.39, 0.29) is 0 Å². The first-order chi connectivity index (χ1) is 8.67. The Bertz CT molecular complexity index is 369. The average molecular weight is 254 g/mol. The van der Waals surface area contributed by atoms with E-state index >= 15 is 0 Å². The lowest BCUT2D eigenvalue weighted by Gasteiger charge is -2.20. The van der Waals surface area contributed by atoms with Crippen molar-refractivity contribution in [3.63, 3.8) is 0 Å². The number of aliphatic hydroxyl groups is 1. The molecule has 2 heterocycles. The summed E-state index contributed by atoms with van der Waals surface area (Å²) in [5.74, 6) is 0.600. The fraction of sp³-hybridized carbons (Fsp3) is 0.750. The number of ether oxygens (including phenoxy) is 1. The van der Waals surface area contributed by atoms with Crippen molar-refractivity contribution in [3.8, 4) is 0 Å². The van der Waals surface area contributed by atoms with Gasteiger partial charge in [-0.1, -0.05) is 0 Å². The summed E-state index contributed by atoms with van der Waals surface area (Å²) in [6, 6.07) is 0. The highest BCUT2D eigenvalue weighted by Crippen LogP contribution is 2.16. The van der Waals surface area contributed by atoms with Gasteiger partial charge in [-0.05, 0) is 18.9 Å². The van der Waals surface area contributed by atoms with Crippen molar-refractivity contribution in [2.24, 2.45) is 5.92 Å².